The van der Waals surface area contributed by atoms with E-state index in [0.29, 0.717) is 5.75 Å². The molecule has 0 saturated carbocycles. The molecule has 0 aliphatic carbocycles. The Morgan fingerprint density at radius 3 is 2.48 bits per heavy atom. The molecule has 0 radical (unpaired) electrons. The average molecular weight is 351 g/mol. The van der Waals surface area contributed by atoms with Crippen LogP contribution in [0.4, 0.5) is 0 Å². The van der Waals surface area contributed by atoms with Crippen molar-refractivity contribution in [1.82, 2.24) is 0 Å². The monoisotopic (exact) mass is 350 g/mol. The maximum Gasteiger partial charge on any atom is 0.428 e. The van der Waals surface area contributed by atoms with Crippen molar-refractivity contribution < 1.29 is 13.8 Å². The molecule has 0 saturated heterocycles. The summed E-state index contributed by atoms with van der Waals surface area (Å²) < 4.78 is 23.1. The highest BCUT2D eigenvalue weighted by Gasteiger charge is 2.28. The van der Waals surface area contributed by atoms with Crippen LogP contribution < -0.4 is 9.26 Å². The minimum atomic E-state index is -3.62. The van der Waals surface area contributed by atoms with E-state index in [0.717, 1.165) is 53.7 Å². The van der Waals surface area contributed by atoms with E-state index in [2.05, 4.69) is 6.92 Å². The smallest absolute Gasteiger partial charge is 0.428 e. The fourth-order valence-electron chi connectivity index (χ4n) is 2.92. The first kappa shape index (κ1) is 17.0. The molecule has 0 fully saturated rings. The van der Waals surface area contributed by atoms with E-state index >= 15 is 0 Å². The van der Waals surface area contributed by atoms with Crippen molar-refractivity contribution >= 4 is 28.6 Å². The fraction of sp³-hybridized carbons (Fsp3) is 0.600. The molecule has 6 heteroatoms. The van der Waals surface area contributed by atoms with Crippen LogP contribution in [0.25, 0.3) is 0 Å². The summed E-state index contributed by atoms with van der Waals surface area (Å²) in [5, 5.41) is 0. The molecule has 2 rings (SSSR count). The van der Waals surface area contributed by atoms with Gasteiger partial charge in [-0.3, -0.25) is 0 Å². The van der Waals surface area contributed by atoms with Gasteiger partial charge in [0.05, 0.1) is 6.10 Å². The summed E-state index contributed by atoms with van der Waals surface area (Å²) in [6.07, 6.45) is 0.753. The zero-order chi connectivity index (χ0) is 15.8. The van der Waals surface area contributed by atoms with Crippen molar-refractivity contribution in [3.05, 3.63) is 22.3 Å². The van der Waals surface area contributed by atoms with Crippen molar-refractivity contribution in [1.29, 1.82) is 0 Å². The quantitative estimate of drug-likeness (QED) is 0.618. The van der Waals surface area contributed by atoms with E-state index in [1.807, 2.05) is 20.8 Å². The molecule has 21 heavy (non-hydrogen) atoms. The van der Waals surface area contributed by atoms with Gasteiger partial charge >= 0.3 is 6.07 Å². The van der Waals surface area contributed by atoms with Gasteiger partial charge in [-0.1, -0.05) is 13.3 Å². The Morgan fingerprint density at radius 2 is 1.90 bits per heavy atom. The molecule has 1 aromatic carbocycles. The Hall–Kier alpha value is -0.370. The lowest BCUT2D eigenvalue weighted by Crippen LogP contribution is -2.24. The van der Waals surface area contributed by atoms with Crippen LogP contribution in [0.15, 0.2) is 0 Å². The number of hydrogen-bond acceptors (Lipinski definition) is 3. The number of benzene rings is 1. The van der Waals surface area contributed by atoms with Crippen LogP contribution in [0, 0.1) is 20.8 Å². The van der Waals surface area contributed by atoms with Crippen LogP contribution in [0.2, 0.25) is 0 Å². The van der Waals surface area contributed by atoms with Gasteiger partial charge in [-0.15, -0.1) is 0 Å². The van der Waals surface area contributed by atoms with Crippen molar-refractivity contribution in [3.63, 3.8) is 0 Å². The van der Waals surface area contributed by atoms with Crippen LogP contribution in [0.5, 0.6) is 11.5 Å². The third kappa shape index (κ3) is 3.70. The van der Waals surface area contributed by atoms with Crippen molar-refractivity contribution in [2.45, 2.75) is 59.5 Å². The lowest BCUT2D eigenvalue weighted by Gasteiger charge is -2.30. The van der Waals surface area contributed by atoms with E-state index in [9.17, 15) is 4.57 Å². The summed E-state index contributed by atoms with van der Waals surface area (Å²) >= 11 is 11.2. The second-order valence-corrected chi connectivity index (χ2v) is 9.79. The summed E-state index contributed by atoms with van der Waals surface area (Å²) in [5.74, 6) is 1.47. The van der Waals surface area contributed by atoms with Crippen LogP contribution in [0.1, 0.15) is 48.4 Å². The molecule has 1 atom stereocenters. The van der Waals surface area contributed by atoms with Gasteiger partial charge in [0.15, 0.2) is 0 Å². The third-order valence-corrected chi connectivity index (χ3v) is 4.93. The van der Waals surface area contributed by atoms with Crippen LogP contribution in [-0.4, -0.2) is 6.10 Å². The van der Waals surface area contributed by atoms with E-state index < -0.39 is 6.07 Å². The lowest BCUT2D eigenvalue weighted by molar-refractivity contribution is 0.161. The van der Waals surface area contributed by atoms with E-state index in [4.69, 9.17) is 31.7 Å². The van der Waals surface area contributed by atoms with Gasteiger partial charge in [-0.2, -0.15) is 0 Å². The van der Waals surface area contributed by atoms with Gasteiger partial charge in [0, 0.05) is 28.0 Å². The predicted octanol–water partition coefficient (Wildman–Crippen LogP) is 6.07. The Kier molecular flexibility index (Phi) is 5.18. The molecule has 1 aromatic rings. The molecule has 0 bridgehead atoms. The number of hydrogen-bond donors (Lipinski definition) is 0. The number of fused-ring (bicyclic) bond motifs is 1. The van der Waals surface area contributed by atoms with Gasteiger partial charge < -0.3 is 9.26 Å². The molecule has 0 N–H and O–H groups in total. The predicted molar refractivity (Wildman–Crippen MR) is 88.2 cm³/mol. The van der Waals surface area contributed by atoms with E-state index in [1.165, 1.54) is 0 Å². The second kappa shape index (κ2) is 6.40. The molecule has 1 unspecified atom stereocenters. The number of ether oxygens (including phenoxy) is 1. The van der Waals surface area contributed by atoms with E-state index in [1.54, 1.807) is 0 Å². The third-order valence-electron chi connectivity index (χ3n) is 4.12. The molecule has 0 spiro atoms. The zero-order valence-electron chi connectivity index (χ0n) is 12.8. The molecule has 1 aliphatic heterocycles. The van der Waals surface area contributed by atoms with Gasteiger partial charge in [0.25, 0.3) is 0 Å². The van der Waals surface area contributed by atoms with Gasteiger partial charge in [-0.05, 0) is 56.7 Å². The Bertz CT molecular complexity index is 595. The highest BCUT2D eigenvalue weighted by Crippen LogP contribution is 2.59. The summed E-state index contributed by atoms with van der Waals surface area (Å²) in [7, 11) is 0. The lowest BCUT2D eigenvalue weighted by atomic mass is 9.91. The van der Waals surface area contributed by atoms with Crippen molar-refractivity contribution in [3.8, 4) is 11.5 Å². The zero-order valence-corrected chi connectivity index (χ0v) is 15.2. The molecular formula is C15H21Cl2O3P. The average Bonchev–Trinajstić information content (AvgIpc) is 2.40. The Balaban J connectivity index is 2.47. The van der Waals surface area contributed by atoms with Gasteiger partial charge in [0.1, 0.15) is 11.5 Å². The molecule has 1 heterocycles. The van der Waals surface area contributed by atoms with Crippen LogP contribution in [0.3, 0.4) is 0 Å². The van der Waals surface area contributed by atoms with Crippen LogP contribution >= 0.6 is 28.6 Å². The first-order chi connectivity index (χ1) is 9.74. The number of rotatable bonds is 4. The molecule has 1 aliphatic rings. The molecular weight excluding hydrogens is 330 g/mol. The highest BCUT2D eigenvalue weighted by atomic mass is 35.9. The maximum absolute atomic E-state index is 11.6. The molecule has 3 nitrogen and oxygen atoms in total. The first-order valence-electron chi connectivity index (χ1n) is 7.22. The standard InChI is InChI=1S/C15H21Cl2O3P/c1-5-6-12-7-8-13-11(4)14(20-21(16,17)18)9(2)10(3)15(13)19-12/h12H,5-8H2,1-4H3. The van der Waals surface area contributed by atoms with Crippen molar-refractivity contribution in [2.75, 3.05) is 0 Å². The highest BCUT2D eigenvalue weighted by molar-refractivity contribution is 8.05. The summed E-state index contributed by atoms with van der Waals surface area (Å²) in [6.45, 7) is 8.00. The first-order valence-corrected chi connectivity index (χ1v) is 10.7. The minimum absolute atomic E-state index is 0.277. The largest absolute Gasteiger partial charge is 0.490 e. The fourth-order valence-corrected chi connectivity index (χ4v) is 3.82. The Morgan fingerprint density at radius 1 is 1.24 bits per heavy atom. The summed E-state index contributed by atoms with van der Waals surface area (Å²) in [6, 6.07) is 0. The van der Waals surface area contributed by atoms with Gasteiger partial charge in [-0.25, -0.2) is 4.57 Å². The van der Waals surface area contributed by atoms with Crippen LogP contribution in [-0.2, 0) is 11.0 Å². The molecule has 0 amide bonds. The van der Waals surface area contributed by atoms with Gasteiger partial charge in [0.2, 0.25) is 0 Å². The Labute approximate surface area is 136 Å². The number of halogens is 2. The van der Waals surface area contributed by atoms with E-state index in [-0.39, 0.29) is 6.10 Å². The second-order valence-electron chi connectivity index (χ2n) is 5.58. The molecule has 118 valence electrons. The summed E-state index contributed by atoms with van der Waals surface area (Å²) in [4.78, 5) is 0. The minimum Gasteiger partial charge on any atom is -0.490 e. The topological polar surface area (TPSA) is 35.5 Å². The normalized spacial score (nSPS) is 18.1. The van der Waals surface area contributed by atoms with Crippen molar-refractivity contribution in [2.24, 2.45) is 0 Å². The molecule has 0 aromatic heterocycles. The summed E-state index contributed by atoms with van der Waals surface area (Å²) in [5.41, 5.74) is 3.92. The maximum atomic E-state index is 11.6. The SMILES string of the molecule is CCCC1CCc2c(C)c(OP(=O)(Cl)Cl)c(C)c(C)c2O1.